The number of halogens is 2. The van der Waals surface area contributed by atoms with Crippen LogP contribution in [0.1, 0.15) is 18.4 Å². The second kappa shape index (κ2) is 4.07. The third-order valence-electron chi connectivity index (χ3n) is 3.17. The molecule has 0 spiro atoms. The van der Waals surface area contributed by atoms with Crippen LogP contribution >= 0.6 is 0 Å². The van der Waals surface area contributed by atoms with Crippen molar-refractivity contribution in [3.8, 4) is 0 Å². The minimum Gasteiger partial charge on any atom is -0.481 e. The molecule has 1 aromatic carbocycles. The molecule has 0 atom stereocenters. The Balaban J connectivity index is 2.10. The largest absolute Gasteiger partial charge is 0.481 e. The van der Waals surface area contributed by atoms with Gasteiger partial charge in [0, 0.05) is 12.0 Å². The van der Waals surface area contributed by atoms with Gasteiger partial charge in [-0.3, -0.25) is 4.79 Å². The first-order valence-corrected chi connectivity index (χ1v) is 5.29. The van der Waals surface area contributed by atoms with E-state index in [4.69, 9.17) is 5.11 Å². The molecule has 0 amide bonds. The summed E-state index contributed by atoms with van der Waals surface area (Å²) in [4.78, 5) is 10.6. The maximum Gasteiger partial charge on any atom is 0.306 e. The maximum atomic E-state index is 13.3. The van der Waals surface area contributed by atoms with Crippen molar-refractivity contribution in [2.24, 2.45) is 5.92 Å². The molecule has 0 saturated heterocycles. The third kappa shape index (κ3) is 2.29. The SMILES string of the molecule is O=C(O)C1CC(O)(Cc2c(F)cccc2F)C1. The van der Waals surface area contributed by atoms with Crippen LogP contribution in [-0.2, 0) is 11.2 Å². The Bertz CT molecular complexity index is 433. The Morgan fingerprint density at radius 3 is 2.35 bits per heavy atom. The molecule has 1 fully saturated rings. The van der Waals surface area contributed by atoms with Crippen LogP contribution in [0.3, 0.4) is 0 Å². The van der Waals surface area contributed by atoms with E-state index in [1.807, 2.05) is 0 Å². The van der Waals surface area contributed by atoms with E-state index in [0.717, 1.165) is 12.1 Å². The highest BCUT2D eigenvalue weighted by Crippen LogP contribution is 2.40. The standard InChI is InChI=1S/C12H12F2O3/c13-9-2-1-3-10(14)8(9)6-12(17)4-7(5-12)11(15)16/h1-3,7,17H,4-6H2,(H,15,16). The summed E-state index contributed by atoms with van der Waals surface area (Å²) in [5.41, 5.74) is -1.48. The second-order valence-corrected chi connectivity index (χ2v) is 4.54. The van der Waals surface area contributed by atoms with Crippen molar-refractivity contribution in [3.05, 3.63) is 35.4 Å². The number of carbonyl (C=O) groups is 1. The summed E-state index contributed by atoms with van der Waals surface area (Å²) < 4.78 is 26.7. The van der Waals surface area contributed by atoms with Crippen LogP contribution in [0.5, 0.6) is 0 Å². The van der Waals surface area contributed by atoms with E-state index < -0.39 is 29.1 Å². The fourth-order valence-corrected chi connectivity index (χ4v) is 2.21. The first kappa shape index (κ1) is 12.0. The Hall–Kier alpha value is -1.49. The molecule has 1 aromatic rings. The zero-order valence-electron chi connectivity index (χ0n) is 8.99. The fraction of sp³-hybridized carbons (Fsp3) is 0.417. The van der Waals surface area contributed by atoms with Crippen molar-refractivity contribution >= 4 is 5.97 Å². The molecule has 0 aromatic heterocycles. The van der Waals surface area contributed by atoms with E-state index >= 15 is 0 Å². The van der Waals surface area contributed by atoms with Crippen molar-refractivity contribution in [1.29, 1.82) is 0 Å². The zero-order valence-corrected chi connectivity index (χ0v) is 8.99. The van der Waals surface area contributed by atoms with Crippen LogP contribution in [0.2, 0.25) is 0 Å². The van der Waals surface area contributed by atoms with Crippen molar-refractivity contribution in [2.45, 2.75) is 24.9 Å². The number of hydrogen-bond donors (Lipinski definition) is 2. The van der Waals surface area contributed by atoms with Gasteiger partial charge in [0.05, 0.1) is 11.5 Å². The van der Waals surface area contributed by atoms with Crippen LogP contribution in [0.15, 0.2) is 18.2 Å². The molecule has 0 heterocycles. The summed E-state index contributed by atoms with van der Waals surface area (Å²) in [6.07, 6.45) is -0.110. The van der Waals surface area contributed by atoms with E-state index in [1.165, 1.54) is 6.07 Å². The lowest BCUT2D eigenvalue weighted by Gasteiger charge is -2.41. The lowest BCUT2D eigenvalue weighted by Crippen LogP contribution is -2.48. The smallest absolute Gasteiger partial charge is 0.306 e. The number of carboxylic acid groups (broad SMARTS) is 1. The van der Waals surface area contributed by atoms with Gasteiger partial charge in [0.25, 0.3) is 0 Å². The number of benzene rings is 1. The normalized spacial score (nSPS) is 27.6. The Labute approximate surface area is 96.7 Å². The van der Waals surface area contributed by atoms with Crippen LogP contribution in [0.4, 0.5) is 8.78 Å². The van der Waals surface area contributed by atoms with Gasteiger partial charge in [-0.1, -0.05) is 6.07 Å². The van der Waals surface area contributed by atoms with E-state index in [1.54, 1.807) is 0 Å². The number of hydrogen-bond acceptors (Lipinski definition) is 2. The number of rotatable bonds is 3. The molecule has 0 radical (unpaired) electrons. The predicted molar refractivity (Wildman–Crippen MR) is 55.4 cm³/mol. The summed E-state index contributed by atoms with van der Waals surface area (Å²) in [6.45, 7) is 0. The van der Waals surface area contributed by atoms with Crippen LogP contribution in [0, 0.1) is 17.6 Å². The molecule has 3 nitrogen and oxygen atoms in total. The van der Waals surface area contributed by atoms with E-state index in [0.29, 0.717) is 0 Å². The lowest BCUT2D eigenvalue weighted by atomic mass is 9.68. The van der Waals surface area contributed by atoms with Crippen molar-refractivity contribution in [1.82, 2.24) is 0 Å². The minimum atomic E-state index is -1.30. The average Bonchev–Trinajstić information content (AvgIpc) is 2.19. The summed E-state index contributed by atoms with van der Waals surface area (Å²) in [5, 5.41) is 18.6. The third-order valence-corrected chi connectivity index (χ3v) is 3.17. The van der Waals surface area contributed by atoms with E-state index in [2.05, 4.69) is 0 Å². The summed E-state index contributed by atoms with van der Waals surface area (Å²) in [5.74, 6) is -3.02. The number of carboxylic acids is 1. The molecule has 0 aliphatic heterocycles. The summed E-state index contributed by atoms with van der Waals surface area (Å²) in [7, 11) is 0. The van der Waals surface area contributed by atoms with Crippen LogP contribution in [0.25, 0.3) is 0 Å². The molecule has 1 aliphatic rings. The molecule has 0 unspecified atom stereocenters. The molecular weight excluding hydrogens is 230 g/mol. The Morgan fingerprint density at radius 2 is 1.88 bits per heavy atom. The second-order valence-electron chi connectivity index (χ2n) is 4.54. The van der Waals surface area contributed by atoms with Gasteiger partial charge in [-0.2, -0.15) is 0 Å². The fourth-order valence-electron chi connectivity index (χ4n) is 2.21. The van der Waals surface area contributed by atoms with Gasteiger partial charge in [0.1, 0.15) is 11.6 Å². The van der Waals surface area contributed by atoms with Gasteiger partial charge in [0.15, 0.2) is 0 Å². The van der Waals surface area contributed by atoms with E-state index in [-0.39, 0.29) is 24.8 Å². The van der Waals surface area contributed by atoms with Crippen molar-refractivity contribution < 1.29 is 23.8 Å². The lowest BCUT2D eigenvalue weighted by molar-refractivity contribution is -0.158. The van der Waals surface area contributed by atoms with Crippen LogP contribution in [-0.4, -0.2) is 21.8 Å². The topological polar surface area (TPSA) is 57.5 Å². The highest BCUT2D eigenvalue weighted by molar-refractivity contribution is 5.71. The van der Waals surface area contributed by atoms with Gasteiger partial charge in [-0.15, -0.1) is 0 Å². The average molecular weight is 242 g/mol. The first-order valence-electron chi connectivity index (χ1n) is 5.29. The highest BCUT2D eigenvalue weighted by Gasteiger charge is 2.46. The van der Waals surface area contributed by atoms with E-state index in [9.17, 15) is 18.7 Å². The summed E-state index contributed by atoms with van der Waals surface area (Å²) in [6, 6.07) is 3.49. The van der Waals surface area contributed by atoms with Gasteiger partial charge in [-0.05, 0) is 25.0 Å². The molecule has 1 saturated carbocycles. The van der Waals surface area contributed by atoms with Crippen LogP contribution < -0.4 is 0 Å². The summed E-state index contributed by atoms with van der Waals surface area (Å²) >= 11 is 0. The van der Waals surface area contributed by atoms with Crippen molar-refractivity contribution in [3.63, 3.8) is 0 Å². The van der Waals surface area contributed by atoms with Gasteiger partial charge in [-0.25, -0.2) is 8.78 Å². The Kier molecular flexibility index (Phi) is 2.87. The molecular formula is C12H12F2O3. The zero-order chi connectivity index (χ0) is 12.6. The first-order chi connectivity index (χ1) is 7.91. The van der Waals surface area contributed by atoms with Gasteiger partial charge < -0.3 is 10.2 Å². The molecule has 5 heteroatoms. The molecule has 92 valence electrons. The number of aliphatic hydroxyl groups is 1. The molecule has 1 aliphatic carbocycles. The molecule has 2 N–H and O–H groups in total. The molecule has 2 rings (SSSR count). The quantitative estimate of drug-likeness (QED) is 0.848. The Morgan fingerprint density at radius 1 is 1.35 bits per heavy atom. The minimum absolute atomic E-state index is 0.0378. The van der Waals surface area contributed by atoms with Gasteiger partial charge in [0.2, 0.25) is 0 Å². The molecule has 0 bridgehead atoms. The predicted octanol–water partition coefficient (Wildman–Crippen LogP) is 1.73. The van der Waals surface area contributed by atoms with Crippen molar-refractivity contribution in [2.75, 3.05) is 0 Å². The van der Waals surface area contributed by atoms with Gasteiger partial charge >= 0.3 is 5.97 Å². The monoisotopic (exact) mass is 242 g/mol. The highest BCUT2D eigenvalue weighted by atomic mass is 19.1. The number of aliphatic carboxylic acids is 1. The molecule has 17 heavy (non-hydrogen) atoms. The maximum absolute atomic E-state index is 13.3.